The fraction of sp³-hybridized carbons (Fsp3) is 0.867. The number of rotatable bonds is 5. The summed E-state index contributed by atoms with van der Waals surface area (Å²) in [5.74, 6) is -5.35. The Kier molecular flexibility index (Phi) is 3.47. The van der Waals surface area contributed by atoms with Crippen LogP contribution in [0.3, 0.4) is 0 Å². The van der Waals surface area contributed by atoms with Crippen molar-refractivity contribution >= 4 is 11.9 Å². The maximum Gasteiger partial charge on any atom is 0.377 e. The number of esters is 2. The molecule has 4 unspecified atom stereocenters. The van der Waals surface area contributed by atoms with Gasteiger partial charge in [-0.3, -0.25) is 0 Å². The number of carbonyl (C=O) groups excluding carboxylic acids is 2. The SMILES string of the molecule is CC(F)(F)C(=O)OCC(=O)OCC12CC3CC1CC(O)(C3)C2. The third kappa shape index (κ3) is 2.71. The van der Waals surface area contributed by atoms with Crippen LogP contribution < -0.4 is 0 Å². The summed E-state index contributed by atoms with van der Waals surface area (Å²) >= 11 is 0. The quantitative estimate of drug-likeness (QED) is 0.781. The molecule has 4 atom stereocenters. The lowest BCUT2D eigenvalue weighted by Crippen LogP contribution is -2.38. The molecule has 0 radical (unpaired) electrons. The van der Waals surface area contributed by atoms with E-state index in [1.807, 2.05) is 0 Å². The minimum absolute atomic E-state index is 0.162. The smallest absolute Gasteiger partial charge is 0.377 e. The maximum atomic E-state index is 12.6. The number of hydrogen-bond donors (Lipinski definition) is 1. The van der Waals surface area contributed by atoms with Gasteiger partial charge in [-0.1, -0.05) is 0 Å². The monoisotopic (exact) mass is 318 g/mol. The first-order chi connectivity index (χ1) is 10.1. The average Bonchev–Trinajstić information content (AvgIpc) is 2.74. The third-order valence-electron chi connectivity index (χ3n) is 5.36. The Labute approximate surface area is 127 Å². The molecule has 0 aromatic rings. The second-order valence-corrected chi connectivity index (χ2v) is 7.30. The molecule has 4 fully saturated rings. The topological polar surface area (TPSA) is 72.8 Å². The molecule has 0 aliphatic heterocycles. The van der Waals surface area contributed by atoms with E-state index in [2.05, 4.69) is 4.74 Å². The maximum absolute atomic E-state index is 12.6. The Balaban J connectivity index is 1.49. The Morgan fingerprint density at radius 2 is 2.00 bits per heavy atom. The van der Waals surface area contributed by atoms with Gasteiger partial charge in [-0.2, -0.15) is 8.78 Å². The summed E-state index contributed by atoms with van der Waals surface area (Å²) in [5, 5.41) is 10.4. The number of aliphatic hydroxyl groups is 1. The zero-order valence-electron chi connectivity index (χ0n) is 12.4. The Morgan fingerprint density at radius 3 is 2.64 bits per heavy atom. The van der Waals surface area contributed by atoms with Gasteiger partial charge in [0.15, 0.2) is 6.61 Å². The standard InChI is InChI=1S/C15H20F2O5/c1-13(16,17)12(19)21-6-11(18)22-8-14-3-9-2-10(14)5-15(20,4-9)7-14/h9-10,20H,2-8H2,1H3. The summed E-state index contributed by atoms with van der Waals surface area (Å²) in [6.07, 6.45) is 4.18. The van der Waals surface area contributed by atoms with Crippen molar-refractivity contribution in [3.05, 3.63) is 0 Å². The second kappa shape index (κ2) is 4.88. The molecule has 4 bridgehead atoms. The van der Waals surface area contributed by atoms with E-state index >= 15 is 0 Å². The van der Waals surface area contributed by atoms with Gasteiger partial charge in [0, 0.05) is 12.3 Å². The van der Waals surface area contributed by atoms with Gasteiger partial charge in [0.1, 0.15) is 0 Å². The summed E-state index contributed by atoms with van der Waals surface area (Å²) in [6, 6.07) is 0. The van der Waals surface area contributed by atoms with Crippen molar-refractivity contribution in [2.24, 2.45) is 17.3 Å². The minimum atomic E-state index is -3.62. The van der Waals surface area contributed by atoms with Crippen LogP contribution in [0.15, 0.2) is 0 Å². The largest absolute Gasteiger partial charge is 0.463 e. The molecule has 0 heterocycles. The van der Waals surface area contributed by atoms with Crippen LogP contribution in [0, 0.1) is 17.3 Å². The van der Waals surface area contributed by atoms with Crippen LogP contribution >= 0.6 is 0 Å². The first-order valence-corrected chi connectivity index (χ1v) is 7.55. The summed E-state index contributed by atoms with van der Waals surface area (Å²) in [7, 11) is 0. The van der Waals surface area contributed by atoms with E-state index in [0.29, 0.717) is 25.2 Å². The van der Waals surface area contributed by atoms with Crippen molar-refractivity contribution in [3.63, 3.8) is 0 Å². The van der Waals surface area contributed by atoms with Gasteiger partial charge in [0.05, 0.1) is 12.2 Å². The molecule has 0 aromatic carbocycles. The third-order valence-corrected chi connectivity index (χ3v) is 5.36. The highest BCUT2D eigenvalue weighted by Gasteiger charge is 2.63. The molecule has 0 amide bonds. The lowest BCUT2D eigenvalue weighted by Gasteiger charge is -2.36. The second-order valence-electron chi connectivity index (χ2n) is 7.30. The fourth-order valence-electron chi connectivity index (χ4n) is 4.77. The zero-order chi connectivity index (χ0) is 16.2. The molecule has 22 heavy (non-hydrogen) atoms. The predicted molar refractivity (Wildman–Crippen MR) is 70.0 cm³/mol. The highest BCUT2D eigenvalue weighted by Crippen LogP contribution is 2.66. The molecule has 124 valence electrons. The van der Waals surface area contributed by atoms with Crippen LogP contribution in [0.1, 0.15) is 39.0 Å². The summed E-state index contributed by atoms with van der Waals surface area (Å²) in [5.41, 5.74) is -0.818. The van der Waals surface area contributed by atoms with Crippen LogP contribution in [0.5, 0.6) is 0 Å². The van der Waals surface area contributed by atoms with Gasteiger partial charge in [-0.25, -0.2) is 9.59 Å². The Bertz CT molecular complexity index is 503. The minimum Gasteiger partial charge on any atom is -0.463 e. The Morgan fingerprint density at radius 1 is 1.27 bits per heavy atom. The van der Waals surface area contributed by atoms with Gasteiger partial charge < -0.3 is 14.6 Å². The fourth-order valence-corrected chi connectivity index (χ4v) is 4.77. The number of halogens is 2. The van der Waals surface area contributed by atoms with Gasteiger partial charge in [-0.05, 0) is 43.9 Å². The molecule has 1 N–H and O–H groups in total. The van der Waals surface area contributed by atoms with E-state index in [1.54, 1.807) is 0 Å². The van der Waals surface area contributed by atoms with E-state index in [0.717, 1.165) is 25.7 Å². The van der Waals surface area contributed by atoms with E-state index in [9.17, 15) is 23.5 Å². The summed E-state index contributed by atoms with van der Waals surface area (Å²) in [4.78, 5) is 22.5. The molecule has 7 heteroatoms. The zero-order valence-corrected chi connectivity index (χ0v) is 12.4. The van der Waals surface area contributed by atoms with Crippen LogP contribution in [0.4, 0.5) is 8.78 Å². The number of hydrogen-bond acceptors (Lipinski definition) is 5. The average molecular weight is 318 g/mol. The van der Waals surface area contributed by atoms with Crippen molar-refractivity contribution in [2.75, 3.05) is 13.2 Å². The highest BCUT2D eigenvalue weighted by molar-refractivity contribution is 5.80. The number of ether oxygens (including phenoxy) is 2. The molecule has 4 aliphatic rings. The van der Waals surface area contributed by atoms with Crippen LogP contribution in [-0.2, 0) is 19.1 Å². The molecule has 0 aromatic heterocycles. The molecule has 0 saturated heterocycles. The van der Waals surface area contributed by atoms with Crippen LogP contribution in [0.2, 0.25) is 0 Å². The van der Waals surface area contributed by atoms with Gasteiger partial charge in [0.25, 0.3) is 0 Å². The lowest BCUT2D eigenvalue weighted by molar-refractivity contribution is -0.176. The van der Waals surface area contributed by atoms with Crippen molar-refractivity contribution in [3.8, 4) is 0 Å². The molecule has 4 aliphatic carbocycles. The molecular weight excluding hydrogens is 298 g/mol. The van der Waals surface area contributed by atoms with Crippen molar-refractivity contribution in [1.29, 1.82) is 0 Å². The summed E-state index contributed by atoms with van der Waals surface area (Å²) < 4.78 is 34.6. The Hall–Kier alpha value is -1.24. The highest BCUT2D eigenvalue weighted by atomic mass is 19.3. The van der Waals surface area contributed by atoms with Gasteiger partial charge in [-0.15, -0.1) is 0 Å². The lowest BCUT2D eigenvalue weighted by atomic mass is 9.74. The van der Waals surface area contributed by atoms with Crippen LogP contribution in [0.25, 0.3) is 0 Å². The van der Waals surface area contributed by atoms with Crippen molar-refractivity contribution in [1.82, 2.24) is 0 Å². The van der Waals surface area contributed by atoms with E-state index in [4.69, 9.17) is 4.74 Å². The molecule has 0 spiro atoms. The van der Waals surface area contributed by atoms with Crippen molar-refractivity contribution < 1.29 is 33.0 Å². The molecular formula is C15H20F2O5. The molecule has 4 saturated carbocycles. The first-order valence-electron chi connectivity index (χ1n) is 7.55. The van der Waals surface area contributed by atoms with Crippen LogP contribution in [-0.4, -0.2) is 41.8 Å². The first kappa shape index (κ1) is 15.6. The number of alkyl halides is 2. The van der Waals surface area contributed by atoms with Gasteiger partial charge in [0.2, 0.25) is 0 Å². The normalized spacial score (nSPS) is 39.1. The summed E-state index contributed by atoms with van der Waals surface area (Å²) in [6.45, 7) is -0.236. The molecule has 5 nitrogen and oxygen atoms in total. The van der Waals surface area contributed by atoms with Gasteiger partial charge >= 0.3 is 17.9 Å². The number of carbonyl (C=O) groups is 2. The van der Waals surface area contributed by atoms with E-state index in [1.165, 1.54) is 0 Å². The van der Waals surface area contributed by atoms with E-state index < -0.39 is 30.1 Å². The van der Waals surface area contributed by atoms with Crippen molar-refractivity contribution in [2.45, 2.75) is 50.6 Å². The predicted octanol–water partition coefficient (Wildman–Crippen LogP) is 1.67. The van der Waals surface area contributed by atoms with E-state index in [-0.39, 0.29) is 12.0 Å². The molecule has 4 rings (SSSR count).